The molecular weight excluding hydrogens is 218 g/mol. The highest BCUT2D eigenvalue weighted by Gasteiger charge is 2.06. The second-order valence-corrected chi connectivity index (χ2v) is 4.92. The van der Waals surface area contributed by atoms with Gasteiger partial charge in [-0.1, -0.05) is 13.0 Å². The number of likely N-dealkylation sites (N-methyl/N-ethyl adjacent to an activating group) is 1. The minimum Gasteiger partial charge on any atom is -0.380 e. The highest BCUT2D eigenvalue weighted by molar-refractivity contribution is 7.09. The van der Waals surface area contributed by atoms with Gasteiger partial charge in [0.25, 0.3) is 0 Å². The maximum atomic E-state index is 5.48. The average molecular weight is 241 g/mol. The van der Waals surface area contributed by atoms with Crippen molar-refractivity contribution < 1.29 is 4.74 Å². The van der Waals surface area contributed by atoms with Gasteiger partial charge in [0, 0.05) is 17.5 Å². The lowest BCUT2D eigenvalue weighted by molar-refractivity contribution is 0.120. The fourth-order valence-electron chi connectivity index (χ4n) is 1.77. The predicted octanol–water partition coefficient (Wildman–Crippen LogP) is 3.09. The summed E-state index contributed by atoms with van der Waals surface area (Å²) in [5, 5.41) is 5.63. The summed E-state index contributed by atoms with van der Waals surface area (Å²) in [7, 11) is 0. The van der Waals surface area contributed by atoms with Crippen molar-refractivity contribution in [1.29, 1.82) is 0 Å². The summed E-state index contributed by atoms with van der Waals surface area (Å²) < 4.78 is 5.48. The van der Waals surface area contributed by atoms with Gasteiger partial charge in [0.2, 0.25) is 0 Å². The molecule has 0 radical (unpaired) electrons. The van der Waals surface area contributed by atoms with Crippen LogP contribution in [-0.2, 0) is 11.2 Å². The first kappa shape index (κ1) is 13.7. The number of aryl methyl sites for hydroxylation is 1. The molecule has 1 rings (SSSR count). The van der Waals surface area contributed by atoms with Crippen LogP contribution in [0.3, 0.4) is 0 Å². The second kappa shape index (κ2) is 8.74. The van der Waals surface area contributed by atoms with Gasteiger partial charge in [-0.2, -0.15) is 0 Å². The molecule has 0 saturated heterocycles. The fourth-order valence-corrected chi connectivity index (χ4v) is 2.52. The third-order valence-electron chi connectivity index (χ3n) is 2.57. The van der Waals surface area contributed by atoms with E-state index in [-0.39, 0.29) is 0 Å². The molecular formula is C13H23NOS. The van der Waals surface area contributed by atoms with Crippen LogP contribution in [0.15, 0.2) is 17.5 Å². The molecule has 2 nitrogen and oxygen atoms in total. The van der Waals surface area contributed by atoms with E-state index in [1.807, 2.05) is 11.3 Å². The van der Waals surface area contributed by atoms with Crippen molar-refractivity contribution >= 4 is 11.3 Å². The fraction of sp³-hybridized carbons (Fsp3) is 0.692. The van der Waals surface area contributed by atoms with Crippen molar-refractivity contribution in [2.24, 2.45) is 0 Å². The molecule has 0 saturated carbocycles. The molecule has 1 heterocycles. The number of thiophene rings is 1. The van der Waals surface area contributed by atoms with Crippen molar-refractivity contribution in [3.63, 3.8) is 0 Å². The molecule has 0 aliphatic heterocycles. The van der Waals surface area contributed by atoms with E-state index < -0.39 is 0 Å². The lowest BCUT2D eigenvalue weighted by Gasteiger charge is -2.17. The van der Waals surface area contributed by atoms with Crippen LogP contribution in [0.5, 0.6) is 0 Å². The summed E-state index contributed by atoms with van der Waals surface area (Å²) >= 11 is 1.85. The Morgan fingerprint density at radius 3 is 2.94 bits per heavy atom. The molecule has 16 heavy (non-hydrogen) atoms. The van der Waals surface area contributed by atoms with Crippen molar-refractivity contribution in [3.8, 4) is 0 Å². The topological polar surface area (TPSA) is 21.3 Å². The molecule has 1 unspecified atom stereocenters. The lowest BCUT2D eigenvalue weighted by atomic mass is 10.1. The Hall–Kier alpha value is -0.380. The molecule has 0 aliphatic carbocycles. The van der Waals surface area contributed by atoms with Crippen LogP contribution in [0.25, 0.3) is 0 Å². The SMILES string of the molecule is CCNC(CCCc1cccs1)COCC. The first-order chi connectivity index (χ1) is 7.86. The van der Waals surface area contributed by atoms with E-state index in [1.165, 1.54) is 24.1 Å². The quantitative estimate of drug-likeness (QED) is 0.717. The average Bonchev–Trinajstić information content (AvgIpc) is 2.79. The van der Waals surface area contributed by atoms with Crippen molar-refractivity contribution in [3.05, 3.63) is 22.4 Å². The Morgan fingerprint density at radius 1 is 1.44 bits per heavy atom. The lowest BCUT2D eigenvalue weighted by Crippen LogP contribution is -2.33. The van der Waals surface area contributed by atoms with E-state index in [9.17, 15) is 0 Å². The molecule has 3 heteroatoms. The zero-order valence-corrected chi connectivity index (χ0v) is 11.2. The highest BCUT2D eigenvalue weighted by Crippen LogP contribution is 2.12. The van der Waals surface area contributed by atoms with Crippen LogP contribution >= 0.6 is 11.3 Å². The molecule has 1 N–H and O–H groups in total. The van der Waals surface area contributed by atoms with E-state index in [4.69, 9.17) is 4.74 Å². The Labute approximate surface area is 103 Å². The largest absolute Gasteiger partial charge is 0.380 e. The monoisotopic (exact) mass is 241 g/mol. The van der Waals surface area contributed by atoms with Crippen LogP contribution < -0.4 is 5.32 Å². The summed E-state index contributed by atoms with van der Waals surface area (Å²) in [6.07, 6.45) is 3.64. The van der Waals surface area contributed by atoms with Crippen LogP contribution in [-0.4, -0.2) is 25.8 Å². The maximum Gasteiger partial charge on any atom is 0.0619 e. The zero-order chi connectivity index (χ0) is 11.6. The maximum absolute atomic E-state index is 5.48. The number of ether oxygens (including phenoxy) is 1. The van der Waals surface area contributed by atoms with Gasteiger partial charge in [0.05, 0.1) is 6.61 Å². The van der Waals surface area contributed by atoms with Gasteiger partial charge >= 0.3 is 0 Å². The van der Waals surface area contributed by atoms with Gasteiger partial charge in [-0.3, -0.25) is 0 Å². The normalized spacial score (nSPS) is 12.9. The summed E-state index contributed by atoms with van der Waals surface area (Å²) in [5.41, 5.74) is 0. The van der Waals surface area contributed by atoms with Crippen molar-refractivity contribution in [2.75, 3.05) is 19.8 Å². The molecule has 92 valence electrons. The predicted molar refractivity (Wildman–Crippen MR) is 71.2 cm³/mol. The van der Waals surface area contributed by atoms with Crippen LogP contribution in [0.1, 0.15) is 31.6 Å². The van der Waals surface area contributed by atoms with E-state index in [2.05, 4.69) is 36.7 Å². The molecule has 1 aromatic rings. The Bertz CT molecular complexity index is 248. The Morgan fingerprint density at radius 2 is 2.31 bits per heavy atom. The van der Waals surface area contributed by atoms with Crippen LogP contribution in [0, 0.1) is 0 Å². The van der Waals surface area contributed by atoms with E-state index >= 15 is 0 Å². The molecule has 0 fully saturated rings. The first-order valence-corrected chi connectivity index (χ1v) is 7.08. The first-order valence-electron chi connectivity index (χ1n) is 6.20. The molecule has 0 spiro atoms. The number of hydrogen-bond acceptors (Lipinski definition) is 3. The second-order valence-electron chi connectivity index (χ2n) is 3.89. The van der Waals surface area contributed by atoms with Gasteiger partial charge in [0.1, 0.15) is 0 Å². The highest BCUT2D eigenvalue weighted by atomic mass is 32.1. The minimum absolute atomic E-state index is 0.518. The Kier molecular flexibility index (Phi) is 7.47. The summed E-state index contributed by atoms with van der Waals surface area (Å²) in [4.78, 5) is 1.49. The zero-order valence-electron chi connectivity index (χ0n) is 10.4. The van der Waals surface area contributed by atoms with Gasteiger partial charge < -0.3 is 10.1 Å². The summed E-state index contributed by atoms with van der Waals surface area (Å²) in [5.74, 6) is 0. The van der Waals surface area contributed by atoms with Crippen LogP contribution in [0.2, 0.25) is 0 Å². The van der Waals surface area contributed by atoms with Crippen molar-refractivity contribution in [2.45, 2.75) is 39.2 Å². The van der Waals surface area contributed by atoms with E-state index in [0.29, 0.717) is 6.04 Å². The van der Waals surface area contributed by atoms with Gasteiger partial charge in [0.15, 0.2) is 0 Å². The van der Waals surface area contributed by atoms with Crippen molar-refractivity contribution in [1.82, 2.24) is 5.32 Å². The molecule has 1 aromatic heterocycles. The smallest absolute Gasteiger partial charge is 0.0619 e. The molecule has 0 amide bonds. The Balaban J connectivity index is 2.15. The molecule has 0 aromatic carbocycles. The van der Waals surface area contributed by atoms with Crippen LogP contribution in [0.4, 0.5) is 0 Å². The summed E-state index contributed by atoms with van der Waals surface area (Å²) in [6.45, 7) is 6.88. The number of rotatable bonds is 9. The summed E-state index contributed by atoms with van der Waals surface area (Å²) in [6, 6.07) is 4.86. The number of hydrogen-bond donors (Lipinski definition) is 1. The molecule has 0 bridgehead atoms. The van der Waals surface area contributed by atoms with Gasteiger partial charge in [-0.25, -0.2) is 0 Å². The third-order valence-corrected chi connectivity index (χ3v) is 3.51. The van der Waals surface area contributed by atoms with Gasteiger partial charge in [-0.15, -0.1) is 11.3 Å². The van der Waals surface area contributed by atoms with Gasteiger partial charge in [-0.05, 0) is 44.2 Å². The molecule has 0 aliphatic rings. The van der Waals surface area contributed by atoms with E-state index in [1.54, 1.807) is 0 Å². The third kappa shape index (κ3) is 5.64. The van der Waals surface area contributed by atoms with E-state index in [0.717, 1.165) is 19.8 Å². The number of nitrogens with one attached hydrogen (secondary N) is 1. The standard InChI is InChI=1S/C13H23NOS/c1-3-14-12(11-15-4-2)7-5-8-13-9-6-10-16-13/h6,9-10,12,14H,3-5,7-8,11H2,1-2H3. The minimum atomic E-state index is 0.518. The molecule has 1 atom stereocenters.